The lowest BCUT2D eigenvalue weighted by Gasteiger charge is -2.32. The standard InChI is InChI=1S/C28H32ClN3O3/c1-3-5-16-35-22-15-12-19(17-23(22)34-4-2)27-24-25(18-10-13-20(29)14-11-18)30-31-26(24)28(33)32(27)21-8-6-7-9-21/h10-15,17,21,27H,3-9,16H2,1-2H3,(H,30,31). The molecular weight excluding hydrogens is 462 g/mol. The van der Waals surface area contributed by atoms with Crippen LogP contribution in [0.1, 0.15) is 80.0 Å². The number of nitrogens with zero attached hydrogens (tertiary/aromatic N) is 2. The summed E-state index contributed by atoms with van der Waals surface area (Å²) in [5.41, 5.74) is 4.23. The number of carbonyl (C=O) groups is 1. The Balaban J connectivity index is 1.60. The van der Waals surface area contributed by atoms with Crippen LogP contribution < -0.4 is 9.47 Å². The third kappa shape index (κ3) is 4.52. The van der Waals surface area contributed by atoms with Crippen LogP contribution in [0.5, 0.6) is 11.5 Å². The van der Waals surface area contributed by atoms with Crippen LogP contribution in [0.4, 0.5) is 0 Å². The summed E-state index contributed by atoms with van der Waals surface area (Å²) in [7, 11) is 0. The third-order valence-corrected chi connectivity index (χ3v) is 7.23. The van der Waals surface area contributed by atoms with Crippen LogP contribution in [0.3, 0.4) is 0 Å². The van der Waals surface area contributed by atoms with E-state index in [1.54, 1.807) is 0 Å². The number of halogens is 1. The molecule has 3 aromatic rings. The highest BCUT2D eigenvalue weighted by molar-refractivity contribution is 6.30. The molecule has 1 atom stereocenters. The van der Waals surface area contributed by atoms with Crippen molar-refractivity contribution < 1.29 is 14.3 Å². The molecule has 1 aromatic heterocycles. The van der Waals surface area contributed by atoms with E-state index in [0.717, 1.165) is 66.7 Å². The highest BCUT2D eigenvalue weighted by atomic mass is 35.5. The summed E-state index contributed by atoms with van der Waals surface area (Å²) in [5, 5.41) is 8.31. The number of amides is 1. The second-order valence-corrected chi connectivity index (χ2v) is 9.70. The maximum atomic E-state index is 13.7. The van der Waals surface area contributed by atoms with Gasteiger partial charge in [0.2, 0.25) is 0 Å². The lowest BCUT2D eigenvalue weighted by Crippen LogP contribution is -2.37. The normalized spacial score (nSPS) is 17.7. The average molecular weight is 494 g/mol. The van der Waals surface area contributed by atoms with Gasteiger partial charge in [-0.1, -0.05) is 56.0 Å². The number of carbonyl (C=O) groups excluding carboxylic acids is 1. The van der Waals surface area contributed by atoms with Crippen molar-refractivity contribution >= 4 is 17.5 Å². The second-order valence-electron chi connectivity index (χ2n) is 9.26. The minimum Gasteiger partial charge on any atom is -0.490 e. The van der Waals surface area contributed by atoms with Gasteiger partial charge in [-0.3, -0.25) is 9.89 Å². The predicted molar refractivity (Wildman–Crippen MR) is 137 cm³/mol. The molecule has 1 aliphatic heterocycles. The van der Waals surface area contributed by atoms with Crippen LogP contribution in [0.15, 0.2) is 42.5 Å². The molecule has 1 unspecified atom stereocenters. The Kier molecular flexibility index (Phi) is 7.00. The van der Waals surface area contributed by atoms with E-state index in [9.17, 15) is 4.79 Å². The van der Waals surface area contributed by atoms with Crippen molar-refractivity contribution in [1.82, 2.24) is 15.1 Å². The van der Waals surface area contributed by atoms with Crippen LogP contribution in [0, 0.1) is 0 Å². The fourth-order valence-electron chi connectivity index (χ4n) is 5.29. The zero-order valence-corrected chi connectivity index (χ0v) is 21.1. The fourth-order valence-corrected chi connectivity index (χ4v) is 5.41. The number of hydrogen-bond donors (Lipinski definition) is 1. The molecule has 1 aliphatic carbocycles. The molecule has 7 heteroatoms. The maximum Gasteiger partial charge on any atom is 0.273 e. The van der Waals surface area contributed by atoms with Gasteiger partial charge in [-0.15, -0.1) is 0 Å². The number of fused-ring (bicyclic) bond motifs is 1. The van der Waals surface area contributed by atoms with Gasteiger partial charge in [0.1, 0.15) is 5.69 Å². The molecule has 1 saturated carbocycles. The zero-order valence-electron chi connectivity index (χ0n) is 20.4. The smallest absolute Gasteiger partial charge is 0.273 e. The SMILES string of the molecule is CCCCOc1ccc(C2c3c(-c4ccc(Cl)cc4)n[nH]c3C(=O)N2C2CCCC2)cc1OCC. The number of hydrogen-bond acceptors (Lipinski definition) is 4. The van der Waals surface area contributed by atoms with E-state index < -0.39 is 0 Å². The topological polar surface area (TPSA) is 67.5 Å². The third-order valence-electron chi connectivity index (χ3n) is 6.98. The molecule has 5 rings (SSSR count). The van der Waals surface area contributed by atoms with E-state index in [2.05, 4.69) is 28.1 Å². The van der Waals surface area contributed by atoms with E-state index >= 15 is 0 Å². The fraction of sp³-hybridized carbons (Fsp3) is 0.429. The molecule has 35 heavy (non-hydrogen) atoms. The first kappa shape index (κ1) is 23.7. The number of aromatic amines is 1. The van der Waals surface area contributed by atoms with Crippen molar-refractivity contribution in [3.05, 3.63) is 64.3 Å². The number of ether oxygens (including phenoxy) is 2. The van der Waals surface area contributed by atoms with Gasteiger partial charge in [-0.05, 0) is 56.0 Å². The molecule has 0 bridgehead atoms. The van der Waals surface area contributed by atoms with Crippen molar-refractivity contribution in [3.63, 3.8) is 0 Å². The lowest BCUT2D eigenvalue weighted by molar-refractivity contribution is 0.0660. The Hall–Kier alpha value is -2.99. The predicted octanol–water partition coefficient (Wildman–Crippen LogP) is 6.80. The minimum absolute atomic E-state index is 0.0193. The molecular formula is C28H32ClN3O3. The number of nitrogens with one attached hydrogen (secondary N) is 1. The number of H-pyrrole nitrogens is 1. The maximum absolute atomic E-state index is 13.7. The molecule has 1 fully saturated rings. The molecule has 1 amide bonds. The molecule has 184 valence electrons. The van der Waals surface area contributed by atoms with Crippen molar-refractivity contribution in [2.45, 2.75) is 64.5 Å². The second kappa shape index (κ2) is 10.3. The van der Waals surface area contributed by atoms with E-state index in [1.807, 2.05) is 43.3 Å². The first-order valence-corrected chi connectivity index (χ1v) is 13.1. The van der Waals surface area contributed by atoms with Gasteiger partial charge >= 0.3 is 0 Å². The quantitative estimate of drug-likeness (QED) is 0.333. The largest absolute Gasteiger partial charge is 0.490 e. The van der Waals surface area contributed by atoms with Crippen LogP contribution in [-0.4, -0.2) is 40.3 Å². The van der Waals surface area contributed by atoms with Gasteiger partial charge in [0.15, 0.2) is 11.5 Å². The average Bonchev–Trinajstić information content (AvgIpc) is 3.59. The van der Waals surface area contributed by atoms with Crippen molar-refractivity contribution in [2.75, 3.05) is 13.2 Å². The van der Waals surface area contributed by atoms with E-state index in [-0.39, 0.29) is 18.0 Å². The highest BCUT2D eigenvalue weighted by Crippen LogP contribution is 2.47. The van der Waals surface area contributed by atoms with Crippen molar-refractivity contribution in [1.29, 1.82) is 0 Å². The molecule has 0 spiro atoms. The molecule has 0 saturated heterocycles. The summed E-state index contributed by atoms with van der Waals surface area (Å²) in [4.78, 5) is 15.8. The lowest BCUT2D eigenvalue weighted by atomic mass is 9.95. The van der Waals surface area contributed by atoms with Crippen molar-refractivity contribution in [2.24, 2.45) is 0 Å². The van der Waals surface area contributed by atoms with Crippen LogP contribution in [0.2, 0.25) is 5.02 Å². The van der Waals surface area contributed by atoms with Gasteiger partial charge in [-0.25, -0.2) is 0 Å². The monoisotopic (exact) mass is 493 g/mol. The van der Waals surface area contributed by atoms with Gasteiger partial charge < -0.3 is 14.4 Å². The Morgan fingerprint density at radius 3 is 2.54 bits per heavy atom. The van der Waals surface area contributed by atoms with Crippen LogP contribution in [-0.2, 0) is 0 Å². The first-order valence-electron chi connectivity index (χ1n) is 12.7. The number of rotatable bonds is 9. The summed E-state index contributed by atoms with van der Waals surface area (Å²) in [6, 6.07) is 13.7. The summed E-state index contributed by atoms with van der Waals surface area (Å²) in [6.45, 7) is 5.31. The number of aromatic nitrogens is 2. The summed E-state index contributed by atoms with van der Waals surface area (Å²) in [6.07, 6.45) is 6.39. The highest BCUT2D eigenvalue weighted by Gasteiger charge is 2.46. The first-order chi connectivity index (χ1) is 17.1. The van der Waals surface area contributed by atoms with Crippen LogP contribution >= 0.6 is 11.6 Å². The minimum atomic E-state index is -0.242. The van der Waals surface area contributed by atoms with Gasteiger partial charge in [0.05, 0.1) is 24.9 Å². The van der Waals surface area contributed by atoms with E-state index in [0.29, 0.717) is 29.7 Å². The van der Waals surface area contributed by atoms with Crippen molar-refractivity contribution in [3.8, 4) is 22.8 Å². The van der Waals surface area contributed by atoms with Gasteiger partial charge in [0, 0.05) is 22.2 Å². The Morgan fingerprint density at radius 1 is 1.06 bits per heavy atom. The number of benzene rings is 2. The Bertz CT molecular complexity index is 1180. The molecule has 2 aromatic carbocycles. The molecule has 1 N–H and O–H groups in total. The number of unbranched alkanes of at least 4 members (excludes halogenated alkanes) is 1. The molecule has 2 heterocycles. The summed E-state index contributed by atoms with van der Waals surface area (Å²) < 4.78 is 12.0. The molecule has 0 radical (unpaired) electrons. The molecule has 6 nitrogen and oxygen atoms in total. The summed E-state index contributed by atoms with van der Waals surface area (Å²) in [5.74, 6) is 1.47. The molecule has 2 aliphatic rings. The van der Waals surface area contributed by atoms with Gasteiger partial charge in [-0.2, -0.15) is 5.10 Å². The van der Waals surface area contributed by atoms with E-state index in [4.69, 9.17) is 21.1 Å². The Labute approximate surface area is 211 Å². The van der Waals surface area contributed by atoms with Crippen LogP contribution in [0.25, 0.3) is 11.3 Å². The van der Waals surface area contributed by atoms with E-state index in [1.165, 1.54) is 0 Å². The van der Waals surface area contributed by atoms with Gasteiger partial charge in [0.25, 0.3) is 5.91 Å². The zero-order chi connectivity index (χ0) is 24.4. The Morgan fingerprint density at radius 2 is 1.83 bits per heavy atom. The summed E-state index contributed by atoms with van der Waals surface area (Å²) >= 11 is 6.14.